The highest BCUT2D eigenvalue weighted by Gasteiger charge is 2.30. The molecule has 0 amide bonds. The van der Waals surface area contributed by atoms with Gasteiger partial charge in [0.2, 0.25) is 0 Å². The molecule has 0 aliphatic heterocycles. The molecule has 0 aliphatic carbocycles. The molecule has 112 valence electrons. The Morgan fingerprint density at radius 1 is 0.905 bits per heavy atom. The van der Waals surface area contributed by atoms with E-state index < -0.39 is 11.7 Å². The maximum atomic E-state index is 12.6. The summed E-state index contributed by atoms with van der Waals surface area (Å²) >= 11 is 17.8. The van der Waals surface area contributed by atoms with Crippen LogP contribution < -0.4 is 11.1 Å². The predicted molar refractivity (Wildman–Crippen MR) is 80.6 cm³/mol. The predicted octanol–water partition coefficient (Wildman–Crippen LogP) is 5.99. The monoisotopic (exact) mass is 354 g/mol. The molecule has 2 rings (SSSR count). The van der Waals surface area contributed by atoms with Crippen LogP contribution in [-0.4, -0.2) is 0 Å². The zero-order valence-electron chi connectivity index (χ0n) is 10.2. The molecule has 0 bridgehead atoms. The van der Waals surface area contributed by atoms with E-state index in [1.165, 1.54) is 18.2 Å². The van der Waals surface area contributed by atoms with Crippen molar-refractivity contribution in [2.24, 2.45) is 0 Å². The quantitative estimate of drug-likeness (QED) is 0.649. The van der Waals surface area contributed by atoms with Crippen molar-refractivity contribution >= 4 is 51.9 Å². The van der Waals surface area contributed by atoms with Crippen molar-refractivity contribution < 1.29 is 13.2 Å². The van der Waals surface area contributed by atoms with Gasteiger partial charge in [0.05, 0.1) is 32.0 Å². The van der Waals surface area contributed by atoms with Gasteiger partial charge in [0.25, 0.3) is 0 Å². The van der Waals surface area contributed by atoms with Crippen LogP contribution in [0.4, 0.5) is 30.2 Å². The van der Waals surface area contributed by atoms with Gasteiger partial charge in [0.1, 0.15) is 0 Å². The fourth-order valence-electron chi connectivity index (χ4n) is 1.64. The van der Waals surface area contributed by atoms with E-state index in [4.69, 9.17) is 40.5 Å². The lowest BCUT2D eigenvalue weighted by molar-refractivity contribution is -0.137. The van der Waals surface area contributed by atoms with Gasteiger partial charge in [-0.25, -0.2) is 0 Å². The van der Waals surface area contributed by atoms with Crippen LogP contribution in [0.15, 0.2) is 30.3 Å². The highest BCUT2D eigenvalue weighted by Crippen LogP contribution is 2.38. The maximum absolute atomic E-state index is 12.6. The van der Waals surface area contributed by atoms with Gasteiger partial charge in [0.15, 0.2) is 0 Å². The molecule has 0 aliphatic rings. The van der Waals surface area contributed by atoms with Gasteiger partial charge in [-0.2, -0.15) is 13.2 Å². The Morgan fingerprint density at radius 3 is 1.95 bits per heavy atom. The standard InChI is InChI=1S/C13H8Cl3F3N2/c14-8-3-6(13(17,18)19)1-2-11(8)21-12-9(15)4-7(20)5-10(12)16/h1-5,21H,20H2. The summed E-state index contributed by atoms with van der Waals surface area (Å²) in [5.41, 5.74) is 5.66. The number of benzene rings is 2. The van der Waals surface area contributed by atoms with Crippen molar-refractivity contribution in [3.63, 3.8) is 0 Å². The van der Waals surface area contributed by atoms with Gasteiger partial charge < -0.3 is 11.1 Å². The summed E-state index contributed by atoms with van der Waals surface area (Å²) < 4.78 is 37.7. The van der Waals surface area contributed by atoms with E-state index in [1.807, 2.05) is 0 Å². The molecule has 0 unspecified atom stereocenters. The summed E-state index contributed by atoms with van der Waals surface area (Å²) in [6.45, 7) is 0. The van der Waals surface area contributed by atoms with E-state index in [1.54, 1.807) is 0 Å². The van der Waals surface area contributed by atoms with E-state index in [2.05, 4.69) is 5.32 Å². The Hall–Kier alpha value is -1.30. The molecule has 0 heterocycles. The third kappa shape index (κ3) is 3.67. The van der Waals surface area contributed by atoms with Crippen molar-refractivity contribution in [3.8, 4) is 0 Å². The molecule has 2 aromatic carbocycles. The van der Waals surface area contributed by atoms with E-state index in [0.29, 0.717) is 11.4 Å². The van der Waals surface area contributed by atoms with E-state index in [9.17, 15) is 13.2 Å². The van der Waals surface area contributed by atoms with Gasteiger partial charge in [-0.15, -0.1) is 0 Å². The number of alkyl halides is 3. The average Bonchev–Trinajstić information content (AvgIpc) is 2.33. The molecule has 2 aromatic rings. The topological polar surface area (TPSA) is 38.0 Å². The van der Waals surface area contributed by atoms with Crippen LogP contribution >= 0.6 is 34.8 Å². The first-order chi connectivity index (χ1) is 9.68. The van der Waals surface area contributed by atoms with Crippen molar-refractivity contribution in [2.45, 2.75) is 6.18 Å². The summed E-state index contributed by atoms with van der Waals surface area (Å²) in [4.78, 5) is 0. The molecule has 0 radical (unpaired) electrons. The number of nitrogen functional groups attached to an aromatic ring is 1. The lowest BCUT2D eigenvalue weighted by Gasteiger charge is -2.14. The fraction of sp³-hybridized carbons (Fsp3) is 0.0769. The van der Waals surface area contributed by atoms with E-state index in [-0.39, 0.29) is 20.8 Å². The Morgan fingerprint density at radius 2 is 1.48 bits per heavy atom. The van der Waals surface area contributed by atoms with Gasteiger partial charge in [-0.05, 0) is 30.3 Å². The Labute approximate surface area is 133 Å². The molecule has 0 aromatic heterocycles. The second kappa shape index (κ2) is 5.83. The first kappa shape index (κ1) is 16.1. The summed E-state index contributed by atoms with van der Waals surface area (Å²) in [5.74, 6) is 0. The fourth-order valence-corrected chi connectivity index (χ4v) is 2.47. The molecule has 0 saturated heterocycles. The molecule has 0 fully saturated rings. The highest BCUT2D eigenvalue weighted by atomic mass is 35.5. The highest BCUT2D eigenvalue weighted by molar-refractivity contribution is 6.40. The molecule has 0 atom stereocenters. The third-order valence-corrected chi connectivity index (χ3v) is 3.53. The Kier molecular flexibility index (Phi) is 4.46. The van der Waals surface area contributed by atoms with Crippen LogP contribution in [0, 0.1) is 0 Å². The van der Waals surface area contributed by atoms with E-state index >= 15 is 0 Å². The SMILES string of the molecule is Nc1cc(Cl)c(Nc2ccc(C(F)(F)F)cc2Cl)c(Cl)c1. The first-order valence-corrected chi connectivity index (χ1v) is 6.70. The number of hydrogen-bond donors (Lipinski definition) is 2. The van der Waals surface area contributed by atoms with Crippen molar-refractivity contribution in [2.75, 3.05) is 11.1 Å². The molecule has 2 nitrogen and oxygen atoms in total. The zero-order valence-corrected chi connectivity index (χ0v) is 12.5. The Bertz CT molecular complexity index is 664. The molecular weight excluding hydrogens is 348 g/mol. The molecule has 8 heteroatoms. The second-order valence-electron chi connectivity index (χ2n) is 4.18. The molecular formula is C13H8Cl3F3N2. The molecule has 0 saturated carbocycles. The maximum Gasteiger partial charge on any atom is 0.416 e. The van der Waals surface area contributed by atoms with Gasteiger partial charge in [0, 0.05) is 5.69 Å². The van der Waals surface area contributed by atoms with Gasteiger partial charge >= 0.3 is 6.18 Å². The lowest BCUT2D eigenvalue weighted by Crippen LogP contribution is -2.05. The zero-order chi connectivity index (χ0) is 15.8. The Balaban J connectivity index is 2.37. The number of halogens is 6. The number of hydrogen-bond acceptors (Lipinski definition) is 2. The minimum absolute atomic E-state index is 0.103. The van der Waals surface area contributed by atoms with Crippen LogP contribution in [0.2, 0.25) is 15.1 Å². The van der Waals surface area contributed by atoms with Crippen LogP contribution in [-0.2, 0) is 6.18 Å². The van der Waals surface area contributed by atoms with Gasteiger partial charge in [-0.3, -0.25) is 0 Å². The summed E-state index contributed by atoms with van der Waals surface area (Å²) in [6, 6.07) is 5.87. The number of nitrogens with one attached hydrogen (secondary N) is 1. The molecule has 0 spiro atoms. The number of nitrogens with two attached hydrogens (primary N) is 1. The van der Waals surface area contributed by atoms with Crippen molar-refractivity contribution in [1.29, 1.82) is 0 Å². The summed E-state index contributed by atoms with van der Waals surface area (Å²) in [7, 11) is 0. The van der Waals surface area contributed by atoms with Crippen LogP contribution in [0.1, 0.15) is 5.56 Å². The average molecular weight is 356 g/mol. The minimum atomic E-state index is -4.46. The number of anilines is 3. The van der Waals surface area contributed by atoms with Crippen LogP contribution in [0.3, 0.4) is 0 Å². The summed E-state index contributed by atoms with van der Waals surface area (Å²) in [5, 5.41) is 3.16. The van der Waals surface area contributed by atoms with Crippen LogP contribution in [0.5, 0.6) is 0 Å². The normalized spacial score (nSPS) is 11.5. The third-order valence-electron chi connectivity index (χ3n) is 2.62. The van der Waals surface area contributed by atoms with Gasteiger partial charge in [-0.1, -0.05) is 34.8 Å². The smallest absolute Gasteiger partial charge is 0.399 e. The lowest BCUT2D eigenvalue weighted by atomic mass is 10.2. The molecule has 3 N–H and O–H groups in total. The number of rotatable bonds is 2. The van der Waals surface area contributed by atoms with E-state index in [0.717, 1.165) is 12.1 Å². The van der Waals surface area contributed by atoms with Crippen molar-refractivity contribution in [3.05, 3.63) is 51.0 Å². The van der Waals surface area contributed by atoms with Crippen LogP contribution in [0.25, 0.3) is 0 Å². The largest absolute Gasteiger partial charge is 0.416 e. The second-order valence-corrected chi connectivity index (χ2v) is 5.40. The first-order valence-electron chi connectivity index (χ1n) is 5.57. The van der Waals surface area contributed by atoms with Crippen molar-refractivity contribution in [1.82, 2.24) is 0 Å². The molecule has 21 heavy (non-hydrogen) atoms. The summed E-state index contributed by atoms with van der Waals surface area (Å²) in [6.07, 6.45) is -4.46. The minimum Gasteiger partial charge on any atom is -0.399 e.